The standard InChI is InChI=1S/C41H42O11/c1-38(2)31(30(34(43)48-5)35(44)50-24-12-8-6-9-13-24)40(4)27-16-18-39(3)28(20-29(42)52-33(39)23-17-19-49-22-23)26(27)21-41(47,37(40)46)32(38)36(45)51-25-14-10-7-11-15-25/h6-15,17,19,21-22,27-28,30-33,47H,16,18,20H2,1-5H3/t27-,28-,30+,31-,32-,33-,39+,40+,41+/m0/s1. The molecule has 0 spiro atoms. The molecule has 2 aromatic carbocycles. The smallest absolute Gasteiger partial charge is 0.326 e. The molecule has 0 unspecified atom stereocenters. The second-order valence-electron chi connectivity index (χ2n) is 15.6. The van der Waals surface area contributed by atoms with E-state index in [1.807, 2.05) is 6.92 Å². The van der Waals surface area contributed by atoms with Gasteiger partial charge in [-0.3, -0.25) is 24.0 Å². The lowest BCUT2D eigenvalue weighted by Crippen LogP contribution is -2.74. The highest BCUT2D eigenvalue weighted by Gasteiger charge is 2.76. The van der Waals surface area contributed by atoms with Gasteiger partial charge in [-0.05, 0) is 66.5 Å². The maximum atomic E-state index is 15.2. The number of carbonyl (C=O) groups excluding carboxylic acids is 5. The number of carbonyl (C=O) groups is 5. The van der Waals surface area contributed by atoms with Gasteiger partial charge in [-0.1, -0.05) is 69.7 Å². The quantitative estimate of drug-likeness (QED) is 0.137. The number of fused-ring (bicyclic) bond motifs is 6. The first-order valence-corrected chi connectivity index (χ1v) is 17.5. The predicted octanol–water partition coefficient (Wildman–Crippen LogP) is 5.82. The van der Waals surface area contributed by atoms with Crippen LogP contribution in [0.2, 0.25) is 0 Å². The molecule has 4 aliphatic rings. The number of allylic oxidation sites excluding steroid dienone is 1. The van der Waals surface area contributed by atoms with Gasteiger partial charge >= 0.3 is 23.9 Å². The lowest BCUT2D eigenvalue weighted by atomic mass is 9.36. The monoisotopic (exact) mass is 710 g/mol. The summed E-state index contributed by atoms with van der Waals surface area (Å²) in [6.07, 6.45) is 4.66. The van der Waals surface area contributed by atoms with E-state index in [1.54, 1.807) is 87.5 Å². The largest absolute Gasteiger partial charge is 0.472 e. The summed E-state index contributed by atoms with van der Waals surface area (Å²) in [6, 6.07) is 18.2. The molecule has 3 fully saturated rings. The first kappa shape index (κ1) is 35.4. The number of Topliss-reactive ketones (excluding diaryl/α,β-unsaturated/α-hetero) is 1. The number of hydrogen-bond acceptors (Lipinski definition) is 11. The molecular weight excluding hydrogens is 668 g/mol. The first-order valence-electron chi connectivity index (χ1n) is 17.5. The van der Waals surface area contributed by atoms with Crippen molar-refractivity contribution >= 4 is 29.7 Å². The fourth-order valence-corrected chi connectivity index (χ4v) is 10.4. The Hall–Kier alpha value is -5.03. The molecule has 1 aliphatic heterocycles. The summed E-state index contributed by atoms with van der Waals surface area (Å²) in [4.78, 5) is 71.3. The number of cyclic esters (lactones) is 1. The maximum absolute atomic E-state index is 15.2. The Kier molecular flexibility index (Phi) is 8.56. The molecule has 1 saturated heterocycles. The normalized spacial score (nSPS) is 33.7. The van der Waals surface area contributed by atoms with Crippen LogP contribution in [0.25, 0.3) is 0 Å². The summed E-state index contributed by atoms with van der Waals surface area (Å²) >= 11 is 0. The SMILES string of the molecule is COC(=O)[C@H](C(=O)Oc1ccccc1)[C@H]1C(C)(C)[C@H](C(=O)Oc2ccccc2)[C@]2(O)C=C3[C@@H]4CC(=O)O[C@@H](c5ccoc5)[C@]4(C)CC[C@@H]3[C@@]1(C)C2=O. The molecule has 2 heterocycles. The minimum Gasteiger partial charge on any atom is -0.472 e. The number of methoxy groups -OCH3 is 1. The van der Waals surface area contributed by atoms with Gasteiger partial charge in [0.1, 0.15) is 23.5 Å². The van der Waals surface area contributed by atoms with Gasteiger partial charge < -0.3 is 28.5 Å². The van der Waals surface area contributed by atoms with Crippen LogP contribution in [0.3, 0.4) is 0 Å². The number of furan rings is 1. The molecule has 3 aliphatic carbocycles. The van der Waals surface area contributed by atoms with Crippen LogP contribution in [-0.4, -0.2) is 47.5 Å². The summed E-state index contributed by atoms with van der Waals surface area (Å²) in [7, 11) is 1.14. The third kappa shape index (κ3) is 5.23. The predicted molar refractivity (Wildman–Crippen MR) is 183 cm³/mol. The number of ether oxygens (including phenoxy) is 4. The molecule has 272 valence electrons. The summed E-state index contributed by atoms with van der Waals surface area (Å²) in [5.74, 6) is -9.40. The Morgan fingerprint density at radius 1 is 0.865 bits per heavy atom. The van der Waals surface area contributed by atoms with Crippen LogP contribution >= 0.6 is 0 Å². The molecule has 11 nitrogen and oxygen atoms in total. The Bertz CT molecular complexity index is 1930. The number of esters is 4. The second-order valence-corrected chi connectivity index (χ2v) is 15.6. The summed E-state index contributed by atoms with van der Waals surface area (Å²) < 4.78 is 28.2. The fourth-order valence-electron chi connectivity index (χ4n) is 10.4. The molecular formula is C41H42O11. The van der Waals surface area contributed by atoms with Gasteiger partial charge in [0.2, 0.25) is 0 Å². The number of para-hydroxylation sites is 2. The first-order chi connectivity index (χ1) is 24.7. The van der Waals surface area contributed by atoms with Gasteiger partial charge in [0.05, 0.1) is 26.1 Å². The van der Waals surface area contributed by atoms with Crippen LogP contribution in [-0.2, 0) is 33.4 Å². The van der Waals surface area contributed by atoms with E-state index in [-0.39, 0.29) is 17.9 Å². The van der Waals surface area contributed by atoms with Crippen molar-refractivity contribution in [1.29, 1.82) is 0 Å². The summed E-state index contributed by atoms with van der Waals surface area (Å²) in [5.41, 5.74) is -4.96. The van der Waals surface area contributed by atoms with E-state index < -0.39 is 87.2 Å². The van der Waals surface area contributed by atoms with Crippen molar-refractivity contribution in [3.63, 3.8) is 0 Å². The van der Waals surface area contributed by atoms with E-state index >= 15 is 4.79 Å². The highest BCUT2D eigenvalue weighted by molar-refractivity contribution is 6.05. The van der Waals surface area contributed by atoms with Gasteiger partial charge in [0.15, 0.2) is 17.3 Å². The molecule has 1 aromatic heterocycles. The Labute approximate surface area is 301 Å². The van der Waals surface area contributed by atoms with Gasteiger partial charge in [-0.25, -0.2) is 0 Å². The molecule has 0 radical (unpaired) electrons. The average Bonchev–Trinajstić information content (AvgIpc) is 3.64. The van der Waals surface area contributed by atoms with Crippen molar-refractivity contribution < 1.29 is 52.4 Å². The van der Waals surface area contributed by atoms with Crippen LogP contribution in [0.1, 0.15) is 58.6 Å². The molecule has 2 saturated carbocycles. The van der Waals surface area contributed by atoms with Crippen LogP contribution in [0.4, 0.5) is 0 Å². The van der Waals surface area contributed by atoms with Crippen molar-refractivity contribution in [2.75, 3.05) is 7.11 Å². The third-order valence-corrected chi connectivity index (χ3v) is 12.4. The minimum atomic E-state index is -2.44. The highest BCUT2D eigenvalue weighted by Crippen LogP contribution is 2.70. The molecule has 0 amide bonds. The zero-order valence-electron chi connectivity index (χ0n) is 29.7. The number of hydrogen-bond donors (Lipinski definition) is 1. The summed E-state index contributed by atoms with van der Waals surface area (Å²) in [5, 5.41) is 12.9. The molecule has 2 bridgehead atoms. The molecule has 11 heteroatoms. The van der Waals surface area contributed by atoms with E-state index in [9.17, 15) is 24.3 Å². The van der Waals surface area contributed by atoms with Gasteiger partial charge in [-0.2, -0.15) is 0 Å². The highest BCUT2D eigenvalue weighted by atomic mass is 16.6. The zero-order chi connectivity index (χ0) is 37.2. The van der Waals surface area contributed by atoms with E-state index in [4.69, 9.17) is 23.4 Å². The Morgan fingerprint density at radius 2 is 1.50 bits per heavy atom. The molecule has 1 N–H and O–H groups in total. The van der Waals surface area contributed by atoms with E-state index in [0.717, 1.165) is 7.11 Å². The Morgan fingerprint density at radius 3 is 2.10 bits per heavy atom. The zero-order valence-corrected chi connectivity index (χ0v) is 29.7. The van der Waals surface area contributed by atoms with Crippen molar-refractivity contribution in [1.82, 2.24) is 0 Å². The fraction of sp³-hybridized carbons (Fsp3) is 0.439. The lowest BCUT2D eigenvalue weighted by Gasteiger charge is -2.66. The number of benzene rings is 2. The van der Waals surface area contributed by atoms with Crippen LogP contribution in [0.15, 0.2) is 95.3 Å². The Balaban J connectivity index is 1.43. The average molecular weight is 711 g/mol. The topological polar surface area (TPSA) is 156 Å². The van der Waals surface area contributed by atoms with Crippen molar-refractivity contribution in [3.8, 4) is 11.5 Å². The van der Waals surface area contributed by atoms with Crippen molar-refractivity contribution in [2.45, 2.75) is 58.7 Å². The van der Waals surface area contributed by atoms with Gasteiger partial charge in [0, 0.05) is 22.3 Å². The molecule has 52 heavy (non-hydrogen) atoms. The van der Waals surface area contributed by atoms with Crippen molar-refractivity contribution in [2.24, 2.45) is 45.8 Å². The van der Waals surface area contributed by atoms with Crippen LogP contribution in [0.5, 0.6) is 11.5 Å². The molecule has 3 aromatic rings. The van der Waals surface area contributed by atoms with E-state index in [0.29, 0.717) is 24.0 Å². The summed E-state index contributed by atoms with van der Waals surface area (Å²) in [6.45, 7) is 6.99. The van der Waals surface area contributed by atoms with Crippen LogP contribution in [0, 0.1) is 45.8 Å². The molecule has 7 rings (SSSR count). The van der Waals surface area contributed by atoms with Crippen molar-refractivity contribution in [3.05, 3.63) is 96.5 Å². The van der Waals surface area contributed by atoms with E-state index in [1.165, 1.54) is 18.6 Å². The second kappa shape index (κ2) is 12.6. The van der Waals surface area contributed by atoms with Gasteiger partial charge in [-0.15, -0.1) is 0 Å². The number of ketones is 1. The lowest BCUT2D eigenvalue weighted by molar-refractivity contribution is -0.215. The minimum absolute atomic E-state index is 0.0444. The maximum Gasteiger partial charge on any atom is 0.326 e. The molecule has 9 atom stereocenters. The van der Waals surface area contributed by atoms with Crippen LogP contribution < -0.4 is 9.47 Å². The third-order valence-electron chi connectivity index (χ3n) is 12.4. The number of aliphatic hydroxyl groups is 1. The number of rotatable bonds is 7. The van der Waals surface area contributed by atoms with Gasteiger partial charge in [0.25, 0.3) is 0 Å². The van der Waals surface area contributed by atoms with E-state index in [2.05, 4.69) is 0 Å².